The summed E-state index contributed by atoms with van der Waals surface area (Å²) in [5.74, 6) is -1.37. The molecule has 0 radical (unpaired) electrons. The minimum Gasteiger partial charge on any atom is -0.478 e. The smallest absolute Gasteiger partial charge is 0.335 e. The van der Waals surface area contributed by atoms with Crippen LogP contribution in [-0.4, -0.2) is 29.7 Å². The zero-order valence-electron chi connectivity index (χ0n) is 15.1. The minimum atomic E-state index is -2.89. The highest BCUT2D eigenvalue weighted by Crippen LogP contribution is 2.42. The van der Waals surface area contributed by atoms with Crippen LogP contribution < -0.4 is 15.9 Å². The molecule has 3 aromatic rings. The fourth-order valence-electron chi connectivity index (χ4n) is 2.94. The van der Waals surface area contributed by atoms with E-state index in [1.807, 2.05) is 60.7 Å². The number of hydrogen-bond acceptors (Lipinski definition) is 3. The average Bonchev–Trinajstić information content (AvgIpc) is 2.75. The molecule has 0 aliphatic rings. The maximum absolute atomic E-state index is 13.8. The number of aromatic carboxylic acids is 1. The Morgan fingerprint density at radius 2 is 1.21 bits per heavy atom. The Hall–Kier alpha value is -3.17. The zero-order valence-corrected chi connectivity index (χ0v) is 16.0. The largest absolute Gasteiger partial charge is 0.478 e. The molecule has 1 amide bonds. The van der Waals surface area contributed by atoms with Gasteiger partial charge in [-0.2, -0.15) is 0 Å². The van der Waals surface area contributed by atoms with E-state index in [4.69, 9.17) is 5.11 Å². The number of carbonyl (C=O) groups is 2. The van der Waals surface area contributed by atoms with Crippen molar-refractivity contribution >= 4 is 29.6 Å². The molecule has 3 aromatic carbocycles. The van der Waals surface area contributed by atoms with E-state index in [2.05, 4.69) is 5.32 Å². The van der Waals surface area contributed by atoms with Crippen LogP contribution in [0.5, 0.6) is 0 Å². The van der Waals surface area contributed by atoms with Gasteiger partial charge in [-0.15, -0.1) is 0 Å². The number of nitrogens with one attached hydrogen (secondary N) is 1. The maximum atomic E-state index is 13.8. The van der Waals surface area contributed by atoms with Crippen LogP contribution in [0.4, 0.5) is 0 Å². The summed E-state index contributed by atoms with van der Waals surface area (Å²) in [6.45, 7) is 0.237. The molecule has 0 fully saturated rings. The van der Waals surface area contributed by atoms with Crippen LogP contribution >= 0.6 is 7.14 Å². The Labute approximate surface area is 163 Å². The molecule has 0 unspecified atom stereocenters. The van der Waals surface area contributed by atoms with Gasteiger partial charge in [-0.05, 0) is 24.3 Å². The standard InChI is InChI=1S/C22H20NO4P/c24-21(17-11-13-18(14-12-17)22(25)26)23-15-16-28(27,19-7-3-1-4-8-19)20-9-5-2-6-10-20/h1-14H,15-16H2,(H,23,24)(H,25,26). The van der Waals surface area contributed by atoms with Crippen LogP contribution in [0, 0.1) is 0 Å². The second kappa shape index (κ2) is 8.68. The van der Waals surface area contributed by atoms with E-state index >= 15 is 0 Å². The molecule has 0 bridgehead atoms. The van der Waals surface area contributed by atoms with Crippen molar-refractivity contribution < 1.29 is 19.3 Å². The van der Waals surface area contributed by atoms with Gasteiger partial charge in [0.2, 0.25) is 0 Å². The van der Waals surface area contributed by atoms with Gasteiger partial charge in [0, 0.05) is 28.9 Å². The van der Waals surface area contributed by atoms with E-state index < -0.39 is 13.1 Å². The van der Waals surface area contributed by atoms with Crippen molar-refractivity contribution in [2.75, 3.05) is 12.7 Å². The van der Waals surface area contributed by atoms with E-state index in [9.17, 15) is 14.2 Å². The molecule has 0 aliphatic carbocycles. The van der Waals surface area contributed by atoms with Crippen molar-refractivity contribution in [3.05, 3.63) is 96.1 Å². The predicted molar refractivity (Wildman–Crippen MR) is 110 cm³/mol. The van der Waals surface area contributed by atoms with Gasteiger partial charge in [0.15, 0.2) is 0 Å². The Balaban J connectivity index is 1.73. The number of carboxylic acid groups (broad SMARTS) is 1. The molecule has 5 nitrogen and oxygen atoms in total. The molecule has 142 valence electrons. The van der Waals surface area contributed by atoms with Crippen molar-refractivity contribution in [2.24, 2.45) is 0 Å². The molecule has 0 heterocycles. The molecule has 0 atom stereocenters. The normalized spacial score (nSPS) is 11.0. The summed E-state index contributed by atoms with van der Waals surface area (Å²) >= 11 is 0. The van der Waals surface area contributed by atoms with Crippen molar-refractivity contribution in [3.63, 3.8) is 0 Å². The van der Waals surface area contributed by atoms with Crippen LogP contribution in [0.2, 0.25) is 0 Å². The molecule has 6 heteroatoms. The first-order valence-corrected chi connectivity index (χ1v) is 10.7. The summed E-state index contributed by atoms with van der Waals surface area (Å²) in [6, 6.07) is 24.3. The monoisotopic (exact) mass is 393 g/mol. The van der Waals surface area contributed by atoms with Gasteiger partial charge in [-0.3, -0.25) is 4.79 Å². The van der Waals surface area contributed by atoms with E-state index in [-0.39, 0.29) is 18.0 Å². The lowest BCUT2D eigenvalue weighted by atomic mass is 10.1. The van der Waals surface area contributed by atoms with Gasteiger partial charge in [-0.25, -0.2) is 4.79 Å². The minimum absolute atomic E-state index is 0.120. The number of hydrogen-bond donors (Lipinski definition) is 2. The quantitative estimate of drug-likeness (QED) is 0.604. The SMILES string of the molecule is O=C(O)c1ccc(C(=O)NCCP(=O)(c2ccccc2)c2ccccc2)cc1. The molecule has 2 N–H and O–H groups in total. The van der Waals surface area contributed by atoms with Crippen molar-refractivity contribution in [3.8, 4) is 0 Å². The third-order valence-corrected chi connectivity index (χ3v) is 7.57. The topological polar surface area (TPSA) is 83.5 Å². The molecule has 0 saturated carbocycles. The van der Waals surface area contributed by atoms with Crippen LogP contribution in [-0.2, 0) is 4.57 Å². The highest BCUT2D eigenvalue weighted by molar-refractivity contribution is 7.78. The fourth-order valence-corrected chi connectivity index (χ4v) is 5.49. The number of rotatable bonds is 7. The Bertz CT molecular complexity index is 958. The fraction of sp³-hybridized carbons (Fsp3) is 0.0909. The van der Waals surface area contributed by atoms with Crippen LogP contribution in [0.25, 0.3) is 0 Å². The summed E-state index contributed by atoms with van der Waals surface area (Å²) < 4.78 is 13.8. The Kier molecular flexibility index (Phi) is 6.07. The summed E-state index contributed by atoms with van der Waals surface area (Å²) in [5, 5.41) is 13.2. The number of benzene rings is 3. The zero-order chi connectivity index (χ0) is 20.0. The van der Waals surface area contributed by atoms with Gasteiger partial charge in [0.25, 0.3) is 5.91 Å². The third kappa shape index (κ3) is 4.38. The third-order valence-electron chi connectivity index (χ3n) is 4.45. The van der Waals surface area contributed by atoms with Crippen LogP contribution in [0.3, 0.4) is 0 Å². The highest BCUT2D eigenvalue weighted by Gasteiger charge is 2.26. The van der Waals surface area contributed by atoms with Gasteiger partial charge in [0.05, 0.1) is 5.56 Å². The first kappa shape index (κ1) is 19.6. The number of carbonyl (C=O) groups excluding carboxylic acids is 1. The average molecular weight is 393 g/mol. The second-order valence-electron chi connectivity index (χ2n) is 6.27. The summed E-state index contributed by atoms with van der Waals surface area (Å²) in [6.07, 6.45) is 0.292. The van der Waals surface area contributed by atoms with Crippen molar-refractivity contribution in [1.82, 2.24) is 5.32 Å². The molecule has 0 aliphatic heterocycles. The number of carboxylic acids is 1. The summed E-state index contributed by atoms with van der Waals surface area (Å²) in [7, 11) is -2.89. The van der Waals surface area contributed by atoms with Gasteiger partial charge < -0.3 is 15.0 Å². The molecule has 0 aromatic heterocycles. The summed E-state index contributed by atoms with van der Waals surface area (Å²) in [5.41, 5.74) is 0.480. The first-order valence-electron chi connectivity index (χ1n) is 8.82. The lowest BCUT2D eigenvalue weighted by molar-refractivity contribution is 0.0696. The lowest BCUT2D eigenvalue weighted by Crippen LogP contribution is -2.30. The van der Waals surface area contributed by atoms with E-state index in [0.29, 0.717) is 11.7 Å². The predicted octanol–water partition coefficient (Wildman–Crippen LogP) is 3.13. The Morgan fingerprint density at radius 3 is 1.68 bits per heavy atom. The van der Waals surface area contributed by atoms with Gasteiger partial charge in [0.1, 0.15) is 7.14 Å². The van der Waals surface area contributed by atoms with E-state index in [1.54, 1.807) is 0 Å². The lowest BCUT2D eigenvalue weighted by Gasteiger charge is -2.19. The van der Waals surface area contributed by atoms with Crippen LogP contribution in [0.15, 0.2) is 84.9 Å². The van der Waals surface area contributed by atoms with Crippen molar-refractivity contribution in [2.45, 2.75) is 0 Å². The van der Waals surface area contributed by atoms with Crippen molar-refractivity contribution in [1.29, 1.82) is 0 Å². The van der Waals surface area contributed by atoms with Gasteiger partial charge >= 0.3 is 5.97 Å². The molecule has 3 rings (SSSR count). The molecular weight excluding hydrogens is 373 g/mol. The highest BCUT2D eigenvalue weighted by atomic mass is 31.2. The maximum Gasteiger partial charge on any atom is 0.335 e. The second-order valence-corrected chi connectivity index (χ2v) is 9.23. The van der Waals surface area contributed by atoms with Crippen LogP contribution in [0.1, 0.15) is 20.7 Å². The van der Waals surface area contributed by atoms with Gasteiger partial charge in [-0.1, -0.05) is 60.7 Å². The first-order chi connectivity index (χ1) is 13.5. The molecule has 0 saturated heterocycles. The Morgan fingerprint density at radius 1 is 0.750 bits per heavy atom. The molecular formula is C22H20NO4P. The van der Waals surface area contributed by atoms with E-state index in [1.165, 1.54) is 24.3 Å². The number of amides is 1. The summed E-state index contributed by atoms with van der Waals surface area (Å²) in [4.78, 5) is 23.2. The van der Waals surface area contributed by atoms with E-state index in [0.717, 1.165) is 10.6 Å². The molecule has 28 heavy (non-hydrogen) atoms. The molecule has 0 spiro atoms.